The average Bonchev–Trinajstić information content (AvgIpc) is 2.45. The van der Waals surface area contributed by atoms with Crippen molar-refractivity contribution in [3.8, 4) is 0 Å². The quantitative estimate of drug-likeness (QED) is 0.604. The van der Waals surface area contributed by atoms with E-state index in [0.29, 0.717) is 5.56 Å². The van der Waals surface area contributed by atoms with Crippen LogP contribution in [0.4, 0.5) is 4.79 Å². The Bertz CT molecular complexity index is 653. The van der Waals surface area contributed by atoms with Crippen molar-refractivity contribution in [2.75, 3.05) is 14.2 Å². The third kappa shape index (κ3) is 4.43. The molecule has 9 heteroatoms. The Morgan fingerprint density at radius 3 is 2.14 bits per heavy atom. The molecule has 0 aromatic heterocycles. The molecular formula is C13H17NO7S. The normalized spacial score (nSPS) is 13.8. The SMILES string of the molecule is COC(=O)N[C@@](C)(Cc1ccc(S(=O)(=O)O)cc1)C(=O)OC. The molecule has 1 aromatic carbocycles. The van der Waals surface area contributed by atoms with Gasteiger partial charge in [0.05, 0.1) is 19.1 Å². The van der Waals surface area contributed by atoms with Crippen LogP contribution >= 0.6 is 0 Å². The molecule has 8 nitrogen and oxygen atoms in total. The molecule has 0 radical (unpaired) electrons. The lowest BCUT2D eigenvalue weighted by Gasteiger charge is -2.27. The molecule has 2 N–H and O–H groups in total. The summed E-state index contributed by atoms with van der Waals surface area (Å²) in [6, 6.07) is 5.23. The Morgan fingerprint density at radius 1 is 1.18 bits per heavy atom. The Labute approximate surface area is 128 Å². The van der Waals surface area contributed by atoms with Crippen molar-refractivity contribution in [3.63, 3.8) is 0 Å². The molecule has 0 heterocycles. The minimum atomic E-state index is -4.29. The van der Waals surface area contributed by atoms with Crippen molar-refractivity contribution in [2.45, 2.75) is 23.8 Å². The molecule has 0 aliphatic carbocycles. The molecule has 0 unspecified atom stereocenters. The summed E-state index contributed by atoms with van der Waals surface area (Å²) >= 11 is 0. The fourth-order valence-electron chi connectivity index (χ4n) is 1.86. The van der Waals surface area contributed by atoms with E-state index in [9.17, 15) is 18.0 Å². The summed E-state index contributed by atoms with van der Waals surface area (Å²) < 4.78 is 40.0. The van der Waals surface area contributed by atoms with Crippen LogP contribution in [0.2, 0.25) is 0 Å². The van der Waals surface area contributed by atoms with Crippen LogP contribution in [0.3, 0.4) is 0 Å². The lowest BCUT2D eigenvalue weighted by molar-refractivity contribution is -0.147. The minimum absolute atomic E-state index is 0.0422. The first-order valence-corrected chi connectivity index (χ1v) is 7.57. The Hall–Kier alpha value is -2.13. The first kappa shape index (κ1) is 17.9. The summed E-state index contributed by atoms with van der Waals surface area (Å²) in [5.74, 6) is -0.684. The van der Waals surface area contributed by atoms with E-state index in [4.69, 9.17) is 4.55 Å². The van der Waals surface area contributed by atoms with Crippen LogP contribution in [0.15, 0.2) is 29.2 Å². The molecule has 0 spiro atoms. The van der Waals surface area contributed by atoms with Crippen molar-refractivity contribution in [2.24, 2.45) is 0 Å². The first-order valence-electron chi connectivity index (χ1n) is 6.13. The molecule has 0 aliphatic heterocycles. The van der Waals surface area contributed by atoms with E-state index in [1.807, 2.05) is 0 Å². The van der Waals surface area contributed by atoms with Crippen LogP contribution < -0.4 is 5.32 Å². The molecule has 122 valence electrons. The topological polar surface area (TPSA) is 119 Å². The van der Waals surface area contributed by atoms with Gasteiger partial charge in [-0.3, -0.25) is 4.55 Å². The third-order valence-electron chi connectivity index (χ3n) is 2.98. The molecule has 0 aliphatic rings. The number of carbonyl (C=O) groups is 2. The van der Waals surface area contributed by atoms with E-state index in [2.05, 4.69) is 14.8 Å². The molecule has 1 rings (SSSR count). The largest absolute Gasteiger partial charge is 0.467 e. The summed E-state index contributed by atoms with van der Waals surface area (Å²) in [6.45, 7) is 1.45. The Balaban J connectivity index is 3.04. The zero-order chi connectivity index (χ0) is 17.0. The van der Waals surface area contributed by atoms with Crippen LogP contribution in [0.1, 0.15) is 12.5 Å². The summed E-state index contributed by atoms with van der Waals surface area (Å²) in [7, 11) is -1.95. The molecule has 0 fully saturated rings. The van der Waals surface area contributed by atoms with Gasteiger partial charge in [0.25, 0.3) is 10.1 Å². The van der Waals surface area contributed by atoms with Gasteiger partial charge in [-0.15, -0.1) is 0 Å². The predicted molar refractivity (Wildman–Crippen MR) is 75.9 cm³/mol. The number of carbonyl (C=O) groups excluding carboxylic acids is 2. The highest BCUT2D eigenvalue weighted by atomic mass is 32.2. The fourth-order valence-corrected chi connectivity index (χ4v) is 2.34. The van der Waals surface area contributed by atoms with Crippen molar-refractivity contribution < 1.29 is 32.0 Å². The highest BCUT2D eigenvalue weighted by Gasteiger charge is 2.36. The second-order valence-corrected chi connectivity index (χ2v) is 6.16. The van der Waals surface area contributed by atoms with Crippen LogP contribution in [0, 0.1) is 0 Å². The van der Waals surface area contributed by atoms with Gasteiger partial charge in [0, 0.05) is 6.42 Å². The van der Waals surface area contributed by atoms with Crippen molar-refractivity contribution in [1.29, 1.82) is 0 Å². The molecular weight excluding hydrogens is 314 g/mol. The second-order valence-electron chi connectivity index (χ2n) is 4.74. The number of hydrogen-bond acceptors (Lipinski definition) is 6. The van der Waals surface area contributed by atoms with Crippen LogP contribution in [-0.4, -0.2) is 44.8 Å². The van der Waals surface area contributed by atoms with E-state index in [1.165, 1.54) is 38.3 Å². The zero-order valence-corrected chi connectivity index (χ0v) is 13.1. The van der Waals surface area contributed by atoms with Gasteiger partial charge >= 0.3 is 12.1 Å². The molecule has 1 atom stereocenters. The Morgan fingerprint density at radius 2 is 1.73 bits per heavy atom. The molecule has 0 bridgehead atoms. The van der Waals surface area contributed by atoms with Crippen molar-refractivity contribution in [3.05, 3.63) is 29.8 Å². The van der Waals surface area contributed by atoms with Crippen molar-refractivity contribution in [1.82, 2.24) is 5.32 Å². The number of ether oxygens (including phenoxy) is 2. The maximum absolute atomic E-state index is 11.9. The number of rotatable bonds is 5. The van der Waals surface area contributed by atoms with Gasteiger partial charge in [-0.05, 0) is 24.6 Å². The van der Waals surface area contributed by atoms with E-state index in [1.54, 1.807) is 0 Å². The van der Waals surface area contributed by atoms with Gasteiger partial charge < -0.3 is 14.8 Å². The number of benzene rings is 1. The smallest absolute Gasteiger partial charge is 0.407 e. The molecule has 22 heavy (non-hydrogen) atoms. The molecule has 0 saturated heterocycles. The number of hydrogen-bond donors (Lipinski definition) is 2. The maximum atomic E-state index is 11.9. The summed E-state index contributed by atoms with van der Waals surface area (Å²) in [6.07, 6.45) is -0.761. The van der Waals surface area contributed by atoms with E-state index in [0.717, 1.165) is 7.11 Å². The van der Waals surface area contributed by atoms with Crippen molar-refractivity contribution >= 4 is 22.2 Å². The number of methoxy groups -OCH3 is 2. The van der Waals surface area contributed by atoms with Gasteiger partial charge in [0.2, 0.25) is 0 Å². The predicted octanol–water partition coefficient (Wildman–Crippen LogP) is 0.763. The standard InChI is InChI=1S/C13H17NO7S/c1-13(11(15)20-2,14-12(16)21-3)8-9-4-6-10(7-5-9)22(17,18)19/h4-7H,8H2,1-3H3,(H,14,16)(H,17,18,19)/t13-/m0/s1. The average molecular weight is 331 g/mol. The van der Waals surface area contributed by atoms with E-state index in [-0.39, 0.29) is 11.3 Å². The molecule has 1 amide bonds. The summed E-state index contributed by atoms with van der Waals surface area (Å²) in [5, 5.41) is 2.38. The van der Waals surface area contributed by atoms with Gasteiger partial charge in [0.1, 0.15) is 5.54 Å². The monoisotopic (exact) mass is 331 g/mol. The molecule has 0 saturated carbocycles. The number of nitrogens with one attached hydrogen (secondary N) is 1. The van der Waals surface area contributed by atoms with Gasteiger partial charge in [0.15, 0.2) is 0 Å². The van der Waals surface area contributed by atoms with E-state index < -0.39 is 27.7 Å². The van der Waals surface area contributed by atoms with Gasteiger partial charge in [-0.2, -0.15) is 8.42 Å². The minimum Gasteiger partial charge on any atom is -0.467 e. The maximum Gasteiger partial charge on any atom is 0.407 e. The highest BCUT2D eigenvalue weighted by Crippen LogP contribution is 2.18. The number of esters is 1. The number of alkyl carbamates (subject to hydrolysis) is 1. The van der Waals surface area contributed by atoms with Crippen LogP contribution in [0.5, 0.6) is 0 Å². The third-order valence-corrected chi connectivity index (χ3v) is 3.85. The lowest BCUT2D eigenvalue weighted by atomic mass is 9.93. The number of amides is 1. The fraction of sp³-hybridized carbons (Fsp3) is 0.385. The Kier molecular flexibility index (Phi) is 5.50. The lowest BCUT2D eigenvalue weighted by Crippen LogP contribution is -2.54. The van der Waals surface area contributed by atoms with E-state index >= 15 is 0 Å². The highest BCUT2D eigenvalue weighted by molar-refractivity contribution is 7.85. The summed E-state index contributed by atoms with van der Waals surface area (Å²) in [5.41, 5.74) is -0.835. The zero-order valence-electron chi connectivity index (χ0n) is 12.3. The van der Waals surface area contributed by atoms with Gasteiger partial charge in [-0.1, -0.05) is 12.1 Å². The summed E-state index contributed by atoms with van der Waals surface area (Å²) in [4.78, 5) is 23.0. The first-order chi connectivity index (χ1) is 10.1. The van der Waals surface area contributed by atoms with Crippen LogP contribution in [-0.2, 0) is 30.8 Å². The molecule has 1 aromatic rings. The van der Waals surface area contributed by atoms with Crippen LogP contribution in [0.25, 0.3) is 0 Å². The second kappa shape index (κ2) is 6.75. The van der Waals surface area contributed by atoms with Gasteiger partial charge in [-0.25, -0.2) is 9.59 Å².